The highest BCUT2D eigenvalue weighted by atomic mass is 32.2. The molecule has 8 nitrogen and oxygen atoms in total. The zero-order chi connectivity index (χ0) is 25.6. The molecule has 0 amide bonds. The molecule has 1 aromatic carbocycles. The molecule has 33 heavy (non-hydrogen) atoms. The number of hydrogen-bond acceptors (Lipinski definition) is 7. The zero-order valence-electron chi connectivity index (χ0n) is 16.5. The molecule has 2 aromatic rings. The molecule has 0 aliphatic heterocycles. The van der Waals surface area contributed by atoms with Gasteiger partial charge in [-0.1, -0.05) is 31.2 Å². The van der Waals surface area contributed by atoms with Crippen molar-refractivity contribution in [1.29, 1.82) is 0 Å². The van der Waals surface area contributed by atoms with E-state index in [1.807, 2.05) is 4.98 Å². The molecule has 0 unspecified atom stereocenters. The Kier molecular flexibility index (Phi) is 6.77. The molecule has 0 spiro atoms. The number of ether oxygens (including phenoxy) is 1. The fraction of sp³-hybridized carbons (Fsp3) is 0.294. The lowest BCUT2D eigenvalue weighted by molar-refractivity contribution is -0.133. The molecule has 0 saturated carbocycles. The summed E-state index contributed by atoms with van der Waals surface area (Å²) in [6, 6.07) is 4.09. The minimum absolute atomic E-state index is 0.548. The number of hydrogen-bond donors (Lipinski definition) is 1. The van der Waals surface area contributed by atoms with E-state index in [2.05, 4.69) is 4.74 Å². The van der Waals surface area contributed by atoms with Gasteiger partial charge in [-0.15, -0.1) is 0 Å². The monoisotopic (exact) mass is 521 g/mol. The van der Waals surface area contributed by atoms with Gasteiger partial charge < -0.3 is 9.72 Å². The lowest BCUT2D eigenvalue weighted by atomic mass is 10.2. The first-order valence-electron chi connectivity index (χ1n) is 8.53. The van der Waals surface area contributed by atoms with Crippen LogP contribution in [0, 0.1) is 0 Å². The van der Waals surface area contributed by atoms with E-state index in [1.54, 1.807) is 0 Å². The van der Waals surface area contributed by atoms with Crippen LogP contribution in [0.15, 0.2) is 24.3 Å². The number of fused-ring (bicyclic) bond motifs is 1. The normalized spacial score (nSPS) is 15.3. The summed E-state index contributed by atoms with van der Waals surface area (Å²) in [4.78, 5) is 22.2. The largest absolute Gasteiger partial charge is 0.502 e. The van der Waals surface area contributed by atoms with Crippen molar-refractivity contribution in [3.63, 3.8) is 0 Å². The van der Waals surface area contributed by atoms with E-state index in [4.69, 9.17) is 0 Å². The molecule has 16 heteroatoms. The Hall–Kier alpha value is -2.88. The van der Waals surface area contributed by atoms with Crippen LogP contribution in [-0.4, -0.2) is 51.7 Å². The van der Waals surface area contributed by atoms with Gasteiger partial charge in [0.2, 0.25) is 0 Å². The average molecular weight is 521 g/mol. The zero-order valence-corrected chi connectivity index (χ0v) is 18.1. The third-order valence-electron chi connectivity index (χ3n) is 4.26. The smallest absolute Gasteiger partial charge is 0.465 e. The summed E-state index contributed by atoms with van der Waals surface area (Å²) >= 11 is 0. The summed E-state index contributed by atoms with van der Waals surface area (Å²) in [5, 5.41) is -3.48. The van der Waals surface area contributed by atoms with E-state index in [9.17, 15) is 52.8 Å². The first-order chi connectivity index (χ1) is 14.9. The number of carbonyl (C=O) groups is 2. The van der Waals surface area contributed by atoms with Crippen LogP contribution in [-0.2, 0) is 34.0 Å². The van der Waals surface area contributed by atoms with Crippen LogP contribution in [0.25, 0.3) is 20.6 Å². The first-order valence-corrected chi connectivity index (χ1v) is 11.5. The number of methoxy groups -OCH3 is 1. The minimum atomic E-state index is -6.45. The number of alkyl halides is 6. The highest BCUT2D eigenvalue weighted by Crippen LogP contribution is 2.32. The number of rotatable bonds is 5. The Bertz CT molecular complexity index is 1360. The molecule has 1 aromatic heterocycles. The van der Waals surface area contributed by atoms with Gasteiger partial charge in [0, 0.05) is 17.2 Å². The quantitative estimate of drug-likeness (QED) is 0.466. The number of benzene rings is 1. The van der Waals surface area contributed by atoms with E-state index >= 15 is 0 Å². The number of aromatic amines is 1. The molecule has 2 rings (SSSR count). The number of carbonyl (C=O) groups excluding carboxylic acids is 2. The maximum Gasteiger partial charge on any atom is 0.502 e. The Balaban J connectivity index is 3.42. The van der Waals surface area contributed by atoms with Gasteiger partial charge in [0.1, 0.15) is 4.91 Å². The molecule has 0 fully saturated rings. The second-order valence-corrected chi connectivity index (χ2v) is 10.0. The number of sulfone groups is 2. The van der Waals surface area contributed by atoms with Crippen LogP contribution in [0.1, 0.15) is 13.3 Å². The second kappa shape index (κ2) is 8.48. The number of aromatic nitrogens is 1. The van der Waals surface area contributed by atoms with Crippen molar-refractivity contribution in [3.05, 3.63) is 35.0 Å². The topological polar surface area (TPSA) is 127 Å². The fourth-order valence-electron chi connectivity index (χ4n) is 2.79. The van der Waals surface area contributed by atoms with Gasteiger partial charge in [-0.2, -0.15) is 26.3 Å². The van der Waals surface area contributed by atoms with Crippen LogP contribution in [0.4, 0.5) is 26.3 Å². The Morgan fingerprint density at radius 1 is 0.848 bits per heavy atom. The fourth-order valence-corrected chi connectivity index (χ4v) is 4.86. The highest BCUT2D eigenvalue weighted by molar-refractivity contribution is 8.02. The van der Waals surface area contributed by atoms with Crippen LogP contribution >= 0.6 is 0 Å². The number of halogens is 6. The Morgan fingerprint density at radius 2 is 1.24 bits per heavy atom. The second-order valence-electron chi connectivity index (χ2n) is 6.25. The molecule has 1 N–H and O–H groups in total. The lowest BCUT2D eigenvalue weighted by Gasteiger charge is -2.10. The lowest BCUT2D eigenvalue weighted by Crippen LogP contribution is -2.35. The van der Waals surface area contributed by atoms with Crippen molar-refractivity contribution in [2.24, 2.45) is 0 Å². The van der Waals surface area contributed by atoms with Gasteiger partial charge in [-0.3, -0.25) is 4.79 Å². The maximum atomic E-state index is 13.3. The molecule has 0 aliphatic carbocycles. The maximum absolute atomic E-state index is 13.3. The third-order valence-corrected chi connectivity index (χ3v) is 7.36. The highest BCUT2D eigenvalue weighted by Gasteiger charge is 2.52. The van der Waals surface area contributed by atoms with Gasteiger partial charge in [-0.25, -0.2) is 21.6 Å². The third kappa shape index (κ3) is 4.36. The van der Waals surface area contributed by atoms with Crippen LogP contribution < -0.4 is 10.7 Å². The van der Waals surface area contributed by atoms with Gasteiger partial charge in [0.25, 0.3) is 19.7 Å². The number of Topliss-reactive ketones (excluding diaryl/α,β-unsaturated/α-hetero) is 1. The number of esters is 1. The minimum Gasteiger partial charge on any atom is -0.465 e. The molecule has 0 atom stereocenters. The van der Waals surface area contributed by atoms with Crippen molar-refractivity contribution in [3.8, 4) is 0 Å². The molecule has 0 aliphatic rings. The van der Waals surface area contributed by atoms with Gasteiger partial charge >= 0.3 is 17.0 Å². The summed E-state index contributed by atoms with van der Waals surface area (Å²) in [5.74, 6) is -3.60. The predicted octanol–water partition coefficient (Wildman–Crippen LogP) is 1.41. The summed E-state index contributed by atoms with van der Waals surface area (Å²) in [6.07, 6.45) is -0.762. The van der Waals surface area contributed by atoms with Crippen molar-refractivity contribution < 1.29 is 57.5 Å². The summed E-state index contributed by atoms with van der Waals surface area (Å²) in [6.45, 7) is 1.03. The summed E-state index contributed by atoms with van der Waals surface area (Å²) in [7, 11) is -12.3. The molecule has 0 radical (unpaired) electrons. The van der Waals surface area contributed by atoms with Crippen molar-refractivity contribution in [2.45, 2.75) is 24.4 Å². The van der Waals surface area contributed by atoms with E-state index < -0.39 is 80.1 Å². The molecule has 0 bridgehead atoms. The van der Waals surface area contributed by atoms with E-state index in [0.717, 1.165) is 31.2 Å². The van der Waals surface area contributed by atoms with Crippen molar-refractivity contribution in [1.82, 2.24) is 4.98 Å². The van der Waals surface area contributed by atoms with Crippen molar-refractivity contribution in [2.75, 3.05) is 7.11 Å². The van der Waals surface area contributed by atoms with E-state index in [0.29, 0.717) is 7.11 Å². The number of ketones is 1. The Morgan fingerprint density at radius 3 is 1.61 bits per heavy atom. The number of H-pyrrole nitrogens is 1. The average Bonchev–Trinajstić information content (AvgIpc) is 3.04. The molecular formula is C17H13F6NO7S2. The Labute approximate surface area is 181 Å². The van der Waals surface area contributed by atoms with E-state index in [1.165, 1.54) is 0 Å². The summed E-state index contributed by atoms with van der Waals surface area (Å²) in [5.41, 5.74) is -12.0. The molecular weight excluding hydrogens is 508 g/mol. The standard InChI is InChI=1S/C17H13F6NO7S2/c1-3-10(25)13(32(27,28)16(18,19)20)11-8-6-4-5-7-9(8)12(24-11)14(15(26)31-2)33(29,30)17(21,22)23/h4-7,24H,3H2,1-2H3/b13-11-,14-12-. The van der Waals surface area contributed by atoms with Crippen LogP contribution in [0.3, 0.4) is 0 Å². The molecule has 182 valence electrons. The van der Waals surface area contributed by atoms with Crippen LogP contribution in [0.5, 0.6) is 0 Å². The molecule has 0 saturated heterocycles. The predicted molar refractivity (Wildman–Crippen MR) is 102 cm³/mol. The van der Waals surface area contributed by atoms with Crippen molar-refractivity contribution >= 4 is 52.0 Å². The van der Waals surface area contributed by atoms with Gasteiger partial charge in [0.05, 0.1) is 17.8 Å². The summed E-state index contributed by atoms with van der Waals surface area (Å²) < 4.78 is 132. The molecule has 1 heterocycles. The van der Waals surface area contributed by atoms with Gasteiger partial charge in [0.15, 0.2) is 10.7 Å². The number of nitrogens with one attached hydrogen (secondary N) is 1. The SMILES string of the molecule is CCC(=O)/C(=c1/[nH]/c(=C(/C(=O)OC)S(=O)(=O)C(F)(F)F)c2ccccc12)S(=O)(=O)C(F)(F)F. The van der Waals surface area contributed by atoms with E-state index in [-0.39, 0.29) is 0 Å². The van der Waals surface area contributed by atoms with Gasteiger partial charge in [-0.05, 0) is 0 Å². The van der Waals surface area contributed by atoms with Crippen LogP contribution in [0.2, 0.25) is 0 Å². The first kappa shape index (κ1) is 26.4.